The van der Waals surface area contributed by atoms with Crippen LogP contribution in [0.5, 0.6) is 0 Å². The summed E-state index contributed by atoms with van der Waals surface area (Å²) in [5.41, 5.74) is 21.4. The number of phosphoric ester groups is 1. The van der Waals surface area contributed by atoms with E-state index in [1.54, 1.807) is 13.8 Å². The molecule has 0 rings (SSSR count). The highest BCUT2D eigenvalue weighted by Gasteiger charge is 2.34. The smallest absolute Gasteiger partial charge is 0.469 e. The van der Waals surface area contributed by atoms with Crippen molar-refractivity contribution in [3.05, 3.63) is 0 Å². The van der Waals surface area contributed by atoms with Gasteiger partial charge in [0, 0.05) is 13.0 Å². The van der Waals surface area contributed by atoms with Crippen molar-refractivity contribution in [2.45, 2.75) is 82.6 Å². The molecule has 0 aromatic rings. The van der Waals surface area contributed by atoms with Gasteiger partial charge < -0.3 is 64.2 Å². The summed E-state index contributed by atoms with van der Waals surface area (Å²) in [6, 6.07) is -8.21. The molecular weight excluding hydrogens is 653 g/mol. The Morgan fingerprint density at radius 2 is 1.32 bits per heavy atom. The Kier molecular flexibility index (Phi) is 18.8. The van der Waals surface area contributed by atoms with Gasteiger partial charge in [0.05, 0.1) is 19.1 Å². The molecule has 0 aliphatic rings. The molecule has 0 aromatic carbocycles. The Morgan fingerprint density at radius 3 is 1.81 bits per heavy atom. The van der Waals surface area contributed by atoms with Crippen LogP contribution in [0.1, 0.15) is 52.4 Å². The maximum Gasteiger partial charge on any atom is 0.469 e. The van der Waals surface area contributed by atoms with Crippen molar-refractivity contribution in [3.63, 3.8) is 0 Å². The Labute approximate surface area is 269 Å². The van der Waals surface area contributed by atoms with Crippen LogP contribution in [0.3, 0.4) is 0 Å². The SMILES string of the molecule is CC[C@H](C)[C@H](N)C(=O)N[C@@H](CC(=O)O)C(=O)N[C@@H](COP(=O)(O)O)C(=O)N[C@@H](CCC(N)=O)C(=O)N[C@@H](CCCN=C(N)N)C(=O)O. The number of nitrogens with one attached hydrogen (secondary N) is 4. The Morgan fingerprint density at radius 1 is 0.809 bits per heavy atom. The minimum absolute atomic E-state index is 0.0255. The number of rotatable bonds is 23. The highest BCUT2D eigenvalue weighted by Crippen LogP contribution is 2.35. The van der Waals surface area contributed by atoms with Gasteiger partial charge in [-0.2, -0.15) is 0 Å². The van der Waals surface area contributed by atoms with E-state index in [-0.39, 0.29) is 31.3 Å². The van der Waals surface area contributed by atoms with E-state index in [0.29, 0.717) is 6.42 Å². The number of aliphatic carboxylic acids is 2. The summed E-state index contributed by atoms with van der Waals surface area (Å²) >= 11 is 0. The third-order valence-corrected chi connectivity index (χ3v) is 6.97. The van der Waals surface area contributed by atoms with Gasteiger partial charge in [-0.1, -0.05) is 20.3 Å². The minimum Gasteiger partial charge on any atom is -0.481 e. The molecule has 0 saturated heterocycles. The number of carboxylic acid groups (broad SMARTS) is 2. The van der Waals surface area contributed by atoms with E-state index in [1.165, 1.54) is 0 Å². The van der Waals surface area contributed by atoms with E-state index in [1.807, 2.05) is 5.32 Å². The van der Waals surface area contributed by atoms with E-state index >= 15 is 0 Å². The van der Waals surface area contributed by atoms with Gasteiger partial charge in [0.1, 0.15) is 24.2 Å². The van der Waals surface area contributed by atoms with Crippen LogP contribution in [-0.2, 0) is 42.7 Å². The molecule has 0 heterocycles. The van der Waals surface area contributed by atoms with E-state index < -0.39 is 105 Å². The van der Waals surface area contributed by atoms with Gasteiger partial charge in [0.25, 0.3) is 0 Å². The quantitative estimate of drug-likeness (QED) is 0.0206. The van der Waals surface area contributed by atoms with Crippen molar-refractivity contribution in [3.8, 4) is 0 Å². The van der Waals surface area contributed by atoms with Gasteiger partial charge in [0.2, 0.25) is 29.5 Å². The van der Waals surface area contributed by atoms with Crippen LogP contribution in [0.25, 0.3) is 0 Å². The third kappa shape index (κ3) is 18.4. The summed E-state index contributed by atoms with van der Waals surface area (Å²) in [5, 5.41) is 27.2. The first-order valence-corrected chi connectivity index (χ1v) is 15.7. The summed E-state index contributed by atoms with van der Waals surface area (Å²) in [7, 11) is -5.27. The number of hydrogen-bond donors (Lipinski definition) is 12. The summed E-state index contributed by atoms with van der Waals surface area (Å²) < 4.78 is 15.7. The molecule has 47 heavy (non-hydrogen) atoms. The summed E-state index contributed by atoms with van der Waals surface area (Å²) in [6.45, 7) is 2.16. The van der Waals surface area contributed by atoms with Crippen molar-refractivity contribution < 1.29 is 62.7 Å². The molecule has 6 atom stereocenters. The number of guanidine groups is 1. The number of aliphatic imine (C=N–C) groups is 1. The number of amides is 5. The van der Waals surface area contributed by atoms with Crippen LogP contribution in [0.4, 0.5) is 0 Å². The molecule has 0 aliphatic carbocycles. The van der Waals surface area contributed by atoms with Crippen LogP contribution < -0.4 is 44.2 Å². The molecule has 0 saturated carbocycles. The fourth-order valence-electron chi connectivity index (χ4n) is 3.65. The molecule has 0 unspecified atom stereocenters. The molecule has 0 fully saturated rings. The number of hydrogen-bond acceptors (Lipinski definition) is 11. The summed E-state index contributed by atoms with van der Waals surface area (Å²) in [5.74, 6) is -9.22. The van der Waals surface area contributed by atoms with Gasteiger partial charge in [-0.05, 0) is 25.2 Å². The molecule has 0 spiro atoms. The highest BCUT2D eigenvalue weighted by atomic mass is 31.2. The van der Waals surface area contributed by atoms with Crippen LogP contribution in [0.2, 0.25) is 0 Å². The fraction of sp³-hybridized carbons (Fsp3) is 0.667. The van der Waals surface area contributed by atoms with Crippen molar-refractivity contribution >= 4 is 55.3 Å². The second-order valence-electron chi connectivity index (χ2n) is 10.3. The summed E-state index contributed by atoms with van der Waals surface area (Å²) in [4.78, 5) is 108. The Bertz CT molecular complexity index is 1210. The predicted octanol–water partition coefficient (Wildman–Crippen LogP) is -4.71. The zero-order chi connectivity index (χ0) is 36.5. The molecule has 5 amide bonds. The van der Waals surface area contributed by atoms with Gasteiger partial charge in [0.15, 0.2) is 5.96 Å². The van der Waals surface area contributed by atoms with Crippen molar-refractivity contribution in [1.82, 2.24) is 21.3 Å². The number of carboxylic acids is 2. The fourth-order valence-corrected chi connectivity index (χ4v) is 4.00. The predicted molar refractivity (Wildman–Crippen MR) is 161 cm³/mol. The average Bonchev–Trinajstić information content (AvgIpc) is 2.95. The minimum atomic E-state index is -5.27. The van der Waals surface area contributed by atoms with Gasteiger partial charge >= 0.3 is 19.8 Å². The normalized spacial score (nSPS) is 15.0. The number of carbonyl (C=O) groups is 7. The molecule has 23 heteroatoms. The maximum absolute atomic E-state index is 13.2. The number of phosphoric acid groups is 1. The van der Waals surface area contributed by atoms with E-state index in [4.69, 9.17) is 32.7 Å². The van der Waals surface area contributed by atoms with E-state index in [9.17, 15) is 48.3 Å². The van der Waals surface area contributed by atoms with Crippen LogP contribution >= 0.6 is 7.82 Å². The first kappa shape index (κ1) is 42.6. The Hall–Kier alpha value is -4.37. The average molecular weight is 698 g/mol. The monoisotopic (exact) mass is 697 g/mol. The first-order chi connectivity index (χ1) is 21.7. The first-order valence-electron chi connectivity index (χ1n) is 14.1. The van der Waals surface area contributed by atoms with Gasteiger partial charge in [-0.25, -0.2) is 9.36 Å². The number of nitrogens with two attached hydrogens (primary N) is 4. The molecule has 0 aromatic heterocycles. The van der Waals surface area contributed by atoms with E-state index in [0.717, 1.165) is 0 Å². The maximum atomic E-state index is 13.2. The molecule has 0 radical (unpaired) electrons. The molecule has 16 N–H and O–H groups in total. The molecular formula is C24H44N9O13P. The molecule has 22 nitrogen and oxygen atoms in total. The lowest BCUT2D eigenvalue weighted by Crippen LogP contribution is -2.60. The molecule has 268 valence electrons. The van der Waals surface area contributed by atoms with Gasteiger partial charge in [-0.3, -0.25) is 38.3 Å². The largest absolute Gasteiger partial charge is 0.481 e. The standard InChI is InChI=1S/C24H44N9O13P/c1-3-11(2)18(26)22(40)32-14(9-17(35)36)20(38)33-15(10-46-47(43,44)45)21(39)30-12(6-7-16(25)34)19(37)31-13(23(41)42)5-4-8-29-24(27)28/h11-15,18H,3-10,26H2,1-2H3,(H2,25,34)(H,30,39)(H,31,37)(H,32,40)(H,33,38)(H,35,36)(H,41,42)(H4,27,28,29)(H2,43,44,45)/t11-,12-,13-,14-,15-,18-/m0/s1. The van der Waals surface area contributed by atoms with Crippen molar-refractivity contribution in [2.75, 3.05) is 13.2 Å². The second-order valence-corrected chi connectivity index (χ2v) is 11.6. The topological polar surface area (TPSA) is 391 Å². The number of primary amides is 1. The van der Waals surface area contributed by atoms with Crippen molar-refractivity contribution in [2.24, 2.45) is 33.8 Å². The summed E-state index contributed by atoms with van der Waals surface area (Å²) in [6.07, 6.45) is -1.58. The van der Waals surface area contributed by atoms with Crippen LogP contribution in [-0.4, -0.2) is 111 Å². The Balaban J connectivity index is 6.14. The van der Waals surface area contributed by atoms with E-state index in [2.05, 4.69) is 25.5 Å². The van der Waals surface area contributed by atoms with Crippen LogP contribution in [0.15, 0.2) is 4.99 Å². The lowest BCUT2D eigenvalue weighted by molar-refractivity contribution is -0.142. The molecule has 0 bridgehead atoms. The lowest BCUT2D eigenvalue weighted by Gasteiger charge is -2.26. The lowest BCUT2D eigenvalue weighted by atomic mass is 9.99. The zero-order valence-corrected chi connectivity index (χ0v) is 26.7. The zero-order valence-electron chi connectivity index (χ0n) is 25.8. The van der Waals surface area contributed by atoms with Gasteiger partial charge in [-0.15, -0.1) is 0 Å². The molecule has 0 aliphatic heterocycles. The third-order valence-electron chi connectivity index (χ3n) is 6.49. The van der Waals surface area contributed by atoms with Crippen LogP contribution in [0, 0.1) is 5.92 Å². The highest BCUT2D eigenvalue weighted by molar-refractivity contribution is 7.46. The number of nitrogens with zero attached hydrogens (tertiary/aromatic N) is 1. The second kappa shape index (κ2) is 20.7. The number of carbonyl (C=O) groups excluding carboxylic acids is 5. The van der Waals surface area contributed by atoms with Crippen molar-refractivity contribution in [1.29, 1.82) is 0 Å².